The van der Waals surface area contributed by atoms with Crippen molar-refractivity contribution in [3.8, 4) is 11.5 Å². The highest BCUT2D eigenvalue weighted by Gasteiger charge is 2.48. The van der Waals surface area contributed by atoms with E-state index in [2.05, 4.69) is 19.2 Å². The van der Waals surface area contributed by atoms with Crippen LogP contribution in [0.4, 0.5) is 0 Å². The van der Waals surface area contributed by atoms with Crippen LogP contribution in [0.3, 0.4) is 0 Å². The van der Waals surface area contributed by atoms with Gasteiger partial charge >= 0.3 is 0 Å². The van der Waals surface area contributed by atoms with Gasteiger partial charge in [0.05, 0.1) is 31.4 Å². The van der Waals surface area contributed by atoms with Crippen molar-refractivity contribution < 1.29 is 14.6 Å². The molecule has 146 valence electrons. The summed E-state index contributed by atoms with van der Waals surface area (Å²) in [7, 11) is 3.26. The predicted molar refractivity (Wildman–Crippen MR) is 105 cm³/mol. The summed E-state index contributed by atoms with van der Waals surface area (Å²) >= 11 is 0. The third kappa shape index (κ3) is 3.50. The third-order valence-corrected chi connectivity index (χ3v) is 5.65. The number of hydrogen-bond donors (Lipinski definition) is 2. The molecule has 2 heterocycles. The second kappa shape index (κ2) is 8.46. The average Bonchev–Trinajstić information content (AvgIpc) is 2.94. The molecule has 3 rings (SSSR count). The van der Waals surface area contributed by atoms with Crippen LogP contribution >= 0.6 is 12.4 Å². The Morgan fingerprint density at radius 1 is 1.23 bits per heavy atom. The third-order valence-electron chi connectivity index (χ3n) is 5.65. The topological polar surface area (TPSA) is 66.3 Å². The second-order valence-electron chi connectivity index (χ2n) is 7.02. The van der Waals surface area contributed by atoms with E-state index < -0.39 is 11.6 Å². The van der Waals surface area contributed by atoms with Crippen LogP contribution in [0, 0.1) is 5.41 Å². The van der Waals surface area contributed by atoms with Gasteiger partial charge in [-0.15, -0.1) is 12.4 Å². The minimum Gasteiger partial charge on any atom is -0.493 e. The van der Waals surface area contributed by atoms with Gasteiger partial charge in [0.15, 0.2) is 17.7 Å². The monoisotopic (exact) mass is 383 g/mol. The maximum absolute atomic E-state index is 11.1. The van der Waals surface area contributed by atoms with Crippen molar-refractivity contribution in [1.29, 1.82) is 0 Å². The molecule has 1 aromatic rings. The van der Waals surface area contributed by atoms with Crippen molar-refractivity contribution in [3.05, 3.63) is 23.8 Å². The fourth-order valence-corrected chi connectivity index (χ4v) is 3.77. The van der Waals surface area contributed by atoms with Crippen LogP contribution in [0.5, 0.6) is 11.5 Å². The zero-order valence-electron chi connectivity index (χ0n) is 16.0. The maximum Gasteiger partial charge on any atom is 0.161 e. The summed E-state index contributed by atoms with van der Waals surface area (Å²) < 4.78 is 10.8. The molecule has 6 nitrogen and oxygen atoms in total. The van der Waals surface area contributed by atoms with Gasteiger partial charge in [-0.25, -0.2) is 0 Å². The maximum atomic E-state index is 11.1. The zero-order chi connectivity index (χ0) is 18.0. The molecular formula is C19H30ClN3O3. The SMILES string of the molecule is CCC1(C)C(c2ccc(OC)c(OC)c2)=NN(C2CCNCC2)C1O.Cl. The average molecular weight is 384 g/mol. The first kappa shape index (κ1) is 20.8. The number of piperidine rings is 1. The summed E-state index contributed by atoms with van der Waals surface area (Å²) in [5.74, 6) is 1.37. The lowest BCUT2D eigenvalue weighted by Gasteiger charge is -2.37. The van der Waals surface area contributed by atoms with E-state index in [0.717, 1.165) is 43.6 Å². The van der Waals surface area contributed by atoms with Gasteiger partial charge < -0.3 is 19.9 Å². The number of ether oxygens (including phenoxy) is 2. The van der Waals surface area contributed by atoms with Crippen LogP contribution in [0.15, 0.2) is 23.3 Å². The minimum atomic E-state index is -0.608. The van der Waals surface area contributed by atoms with Crippen molar-refractivity contribution in [1.82, 2.24) is 10.3 Å². The smallest absolute Gasteiger partial charge is 0.161 e. The number of aliphatic hydroxyl groups is 1. The quantitative estimate of drug-likeness (QED) is 0.818. The lowest BCUT2D eigenvalue weighted by Crippen LogP contribution is -2.48. The number of nitrogens with one attached hydrogen (secondary N) is 1. The van der Waals surface area contributed by atoms with Crippen molar-refractivity contribution >= 4 is 18.1 Å². The molecule has 0 radical (unpaired) electrons. The molecule has 2 aliphatic rings. The van der Waals surface area contributed by atoms with E-state index in [1.54, 1.807) is 14.2 Å². The lowest BCUT2D eigenvalue weighted by atomic mass is 9.78. The molecule has 2 unspecified atom stereocenters. The number of benzene rings is 1. The molecule has 7 heteroatoms. The molecule has 1 fully saturated rings. The number of methoxy groups -OCH3 is 2. The number of hydrogen-bond acceptors (Lipinski definition) is 6. The Morgan fingerprint density at radius 3 is 2.46 bits per heavy atom. The van der Waals surface area contributed by atoms with Gasteiger partial charge in [0.2, 0.25) is 0 Å². The number of aliphatic hydroxyl groups excluding tert-OH is 1. The largest absolute Gasteiger partial charge is 0.493 e. The summed E-state index contributed by atoms with van der Waals surface area (Å²) in [6.07, 6.45) is 2.20. The first-order valence-electron chi connectivity index (χ1n) is 9.03. The van der Waals surface area contributed by atoms with Crippen molar-refractivity contribution in [2.45, 2.75) is 45.4 Å². The van der Waals surface area contributed by atoms with E-state index >= 15 is 0 Å². The van der Waals surface area contributed by atoms with Crippen molar-refractivity contribution in [2.75, 3.05) is 27.3 Å². The molecule has 1 aromatic carbocycles. The first-order chi connectivity index (χ1) is 12.0. The lowest BCUT2D eigenvalue weighted by molar-refractivity contribution is -0.0658. The Hall–Kier alpha value is -1.50. The van der Waals surface area contributed by atoms with Crippen LogP contribution in [-0.4, -0.2) is 55.4 Å². The Kier molecular flexibility index (Phi) is 6.77. The summed E-state index contributed by atoms with van der Waals surface area (Å²) in [4.78, 5) is 0. The van der Waals surface area contributed by atoms with Gasteiger partial charge in [-0.1, -0.05) is 6.92 Å². The van der Waals surface area contributed by atoms with Crippen LogP contribution in [-0.2, 0) is 0 Å². The molecule has 0 aromatic heterocycles. The Morgan fingerprint density at radius 2 is 1.88 bits per heavy atom. The molecule has 0 bridgehead atoms. The molecule has 0 spiro atoms. The van der Waals surface area contributed by atoms with Crippen molar-refractivity contribution in [2.24, 2.45) is 10.5 Å². The highest BCUT2D eigenvalue weighted by atomic mass is 35.5. The van der Waals surface area contributed by atoms with Gasteiger partial charge in [0.25, 0.3) is 0 Å². The van der Waals surface area contributed by atoms with E-state index in [-0.39, 0.29) is 18.4 Å². The van der Waals surface area contributed by atoms with Crippen LogP contribution < -0.4 is 14.8 Å². The van der Waals surface area contributed by atoms with Gasteiger partial charge in [0.1, 0.15) is 0 Å². The number of hydrazone groups is 1. The van der Waals surface area contributed by atoms with Gasteiger partial charge in [-0.2, -0.15) is 5.10 Å². The number of halogens is 1. The zero-order valence-corrected chi connectivity index (χ0v) is 16.8. The van der Waals surface area contributed by atoms with Gasteiger partial charge in [-0.3, -0.25) is 5.01 Å². The Labute approximate surface area is 162 Å². The van der Waals surface area contributed by atoms with E-state index in [4.69, 9.17) is 14.6 Å². The van der Waals surface area contributed by atoms with Crippen LogP contribution in [0.1, 0.15) is 38.7 Å². The fraction of sp³-hybridized carbons (Fsp3) is 0.632. The summed E-state index contributed by atoms with van der Waals surface area (Å²) in [6, 6.07) is 6.11. The normalized spacial score (nSPS) is 26.3. The number of rotatable bonds is 5. The van der Waals surface area contributed by atoms with Gasteiger partial charge in [0, 0.05) is 5.56 Å². The molecule has 0 saturated carbocycles. The van der Waals surface area contributed by atoms with E-state index in [1.165, 1.54) is 0 Å². The molecule has 26 heavy (non-hydrogen) atoms. The molecule has 2 N–H and O–H groups in total. The summed E-state index contributed by atoms with van der Waals surface area (Å²) in [5, 5.41) is 21.2. The molecule has 0 amide bonds. The van der Waals surface area contributed by atoms with Crippen molar-refractivity contribution in [3.63, 3.8) is 0 Å². The van der Waals surface area contributed by atoms with Crippen LogP contribution in [0.2, 0.25) is 0 Å². The number of nitrogens with zero attached hydrogens (tertiary/aromatic N) is 2. The fourth-order valence-electron chi connectivity index (χ4n) is 3.77. The van der Waals surface area contributed by atoms with E-state index in [1.807, 2.05) is 23.2 Å². The summed E-state index contributed by atoms with van der Waals surface area (Å²) in [6.45, 7) is 6.13. The summed E-state index contributed by atoms with van der Waals surface area (Å²) in [5.41, 5.74) is 1.48. The van der Waals surface area contributed by atoms with E-state index in [0.29, 0.717) is 11.5 Å². The first-order valence-corrected chi connectivity index (χ1v) is 9.03. The molecule has 1 saturated heterocycles. The molecule has 0 aliphatic carbocycles. The predicted octanol–water partition coefficient (Wildman–Crippen LogP) is 2.63. The molecule has 2 atom stereocenters. The highest BCUT2D eigenvalue weighted by molar-refractivity contribution is 6.06. The van der Waals surface area contributed by atoms with Gasteiger partial charge in [-0.05, 0) is 57.5 Å². The second-order valence-corrected chi connectivity index (χ2v) is 7.02. The molecular weight excluding hydrogens is 354 g/mol. The minimum absolute atomic E-state index is 0. The standard InChI is InChI=1S/C19H29N3O3.ClH/c1-5-19(2)17(13-6-7-15(24-3)16(12-13)25-4)21-22(18(19)23)14-8-10-20-11-9-14;/h6-7,12,14,18,20,23H,5,8-11H2,1-4H3;1H. The highest BCUT2D eigenvalue weighted by Crippen LogP contribution is 2.42. The van der Waals surface area contributed by atoms with E-state index in [9.17, 15) is 5.11 Å². The Balaban J connectivity index is 0.00000243. The molecule has 2 aliphatic heterocycles. The van der Waals surface area contributed by atoms with Crippen LogP contribution in [0.25, 0.3) is 0 Å². The Bertz CT molecular complexity index is 649.